The van der Waals surface area contributed by atoms with Crippen LogP contribution in [0.15, 0.2) is 58.3 Å². The Morgan fingerprint density at radius 2 is 1.76 bits per heavy atom. The zero-order chi connectivity index (χ0) is 23.7. The fourth-order valence-electron chi connectivity index (χ4n) is 4.15. The third kappa shape index (κ3) is 4.36. The molecule has 9 nitrogen and oxygen atoms in total. The van der Waals surface area contributed by atoms with Crippen LogP contribution in [-0.2, 0) is 19.5 Å². The second-order valence-corrected chi connectivity index (χ2v) is 8.58. The predicted molar refractivity (Wildman–Crippen MR) is 129 cm³/mol. The fraction of sp³-hybridized carbons (Fsp3) is 0.280. The van der Waals surface area contributed by atoms with Crippen molar-refractivity contribution in [3.63, 3.8) is 0 Å². The monoisotopic (exact) mass is 455 g/mol. The Hall–Kier alpha value is -4.14. The molecule has 5 rings (SSSR count). The quantitative estimate of drug-likeness (QED) is 0.298. The first-order chi connectivity index (χ1) is 16.5. The Morgan fingerprint density at radius 3 is 2.59 bits per heavy atom. The van der Waals surface area contributed by atoms with E-state index in [-0.39, 0.29) is 5.69 Å². The van der Waals surface area contributed by atoms with Gasteiger partial charge in [-0.15, -0.1) is 5.10 Å². The van der Waals surface area contributed by atoms with Crippen LogP contribution in [0.3, 0.4) is 0 Å². The standard InChI is InChI=1S/C25H25N7O2/c1-16-12-20-21(13-17(16)2)32(23-22(26-20)24(33)28-25(34)27-23)11-7-6-10-19-15-31(30-29-19)14-18-8-4-3-5-9-18/h3-5,8-9,12-13,15H,6-7,10-11,14H2,1-2H3,(H,28,33,34). The van der Waals surface area contributed by atoms with Crippen molar-refractivity contribution in [2.24, 2.45) is 0 Å². The summed E-state index contributed by atoms with van der Waals surface area (Å²) in [6.45, 7) is 5.34. The number of aromatic amines is 1. The molecule has 34 heavy (non-hydrogen) atoms. The zero-order valence-electron chi connectivity index (χ0n) is 19.2. The van der Waals surface area contributed by atoms with Gasteiger partial charge in [-0.2, -0.15) is 4.98 Å². The number of H-pyrrole nitrogens is 1. The van der Waals surface area contributed by atoms with Crippen LogP contribution < -0.4 is 11.2 Å². The Morgan fingerprint density at radius 1 is 0.971 bits per heavy atom. The van der Waals surface area contributed by atoms with Gasteiger partial charge in [-0.05, 0) is 61.9 Å². The molecule has 0 bridgehead atoms. The van der Waals surface area contributed by atoms with Crippen LogP contribution in [0.4, 0.5) is 0 Å². The molecular weight excluding hydrogens is 430 g/mol. The summed E-state index contributed by atoms with van der Waals surface area (Å²) in [7, 11) is 0. The number of nitrogens with one attached hydrogen (secondary N) is 1. The maximum absolute atomic E-state index is 12.4. The van der Waals surface area contributed by atoms with Crippen molar-refractivity contribution in [1.82, 2.24) is 34.5 Å². The van der Waals surface area contributed by atoms with E-state index in [9.17, 15) is 9.59 Å². The molecule has 0 radical (unpaired) electrons. The van der Waals surface area contributed by atoms with Crippen LogP contribution >= 0.6 is 0 Å². The van der Waals surface area contributed by atoms with Crippen molar-refractivity contribution in [3.8, 4) is 11.5 Å². The van der Waals surface area contributed by atoms with E-state index < -0.39 is 11.2 Å². The molecule has 0 saturated carbocycles. The molecular formula is C25H25N7O2. The van der Waals surface area contributed by atoms with E-state index >= 15 is 0 Å². The molecule has 172 valence electrons. The highest BCUT2D eigenvalue weighted by Crippen LogP contribution is 2.24. The predicted octanol–water partition coefficient (Wildman–Crippen LogP) is 2.86. The van der Waals surface area contributed by atoms with E-state index in [0.717, 1.165) is 41.6 Å². The molecule has 3 aromatic rings. The Balaban J connectivity index is 1.35. The molecule has 2 aliphatic rings. The summed E-state index contributed by atoms with van der Waals surface area (Å²) in [5.41, 5.74) is 4.90. The Bertz CT molecular complexity index is 1550. The van der Waals surface area contributed by atoms with Gasteiger partial charge in [-0.3, -0.25) is 9.78 Å². The minimum atomic E-state index is -0.661. The molecule has 2 aliphatic heterocycles. The second-order valence-electron chi connectivity index (χ2n) is 8.58. The molecule has 1 N–H and O–H groups in total. The summed E-state index contributed by atoms with van der Waals surface area (Å²) in [5, 5.41) is 8.54. The lowest BCUT2D eigenvalue weighted by atomic mass is 10.1. The first-order valence-electron chi connectivity index (χ1n) is 11.3. The lowest BCUT2D eigenvalue weighted by Gasteiger charge is -2.17. The van der Waals surface area contributed by atoms with E-state index in [1.54, 1.807) is 0 Å². The molecule has 0 saturated heterocycles. The van der Waals surface area contributed by atoms with Gasteiger partial charge in [0.2, 0.25) is 0 Å². The normalized spacial score (nSPS) is 11.5. The summed E-state index contributed by atoms with van der Waals surface area (Å²) in [6.07, 6.45) is 4.46. The molecule has 1 aromatic heterocycles. The highest BCUT2D eigenvalue weighted by molar-refractivity contribution is 5.81. The minimum Gasteiger partial charge on any atom is -0.322 e. The van der Waals surface area contributed by atoms with Crippen LogP contribution in [-0.4, -0.2) is 34.5 Å². The average Bonchev–Trinajstić information content (AvgIpc) is 3.25. The van der Waals surface area contributed by atoms with Crippen LogP contribution in [0.25, 0.3) is 22.6 Å². The van der Waals surface area contributed by atoms with Gasteiger partial charge in [0.1, 0.15) is 0 Å². The topological polar surface area (TPSA) is 111 Å². The minimum absolute atomic E-state index is 0.180. The van der Waals surface area contributed by atoms with Gasteiger partial charge in [-0.25, -0.2) is 14.5 Å². The van der Waals surface area contributed by atoms with E-state index in [1.807, 2.05) is 59.6 Å². The molecule has 0 unspecified atom stereocenters. The zero-order valence-corrected chi connectivity index (χ0v) is 19.2. The Labute approximate surface area is 195 Å². The molecule has 0 amide bonds. The lowest BCUT2D eigenvalue weighted by Crippen LogP contribution is -2.29. The Kier molecular flexibility index (Phi) is 5.75. The van der Waals surface area contributed by atoms with Gasteiger partial charge in [0.05, 0.1) is 23.3 Å². The average molecular weight is 456 g/mol. The summed E-state index contributed by atoms with van der Waals surface area (Å²) >= 11 is 0. The summed E-state index contributed by atoms with van der Waals surface area (Å²) in [4.78, 5) is 35.2. The van der Waals surface area contributed by atoms with Crippen LogP contribution in [0.2, 0.25) is 0 Å². The molecule has 2 aromatic carbocycles. The van der Waals surface area contributed by atoms with Gasteiger partial charge < -0.3 is 4.57 Å². The third-order valence-electron chi connectivity index (χ3n) is 6.06. The van der Waals surface area contributed by atoms with Crippen LogP contribution in [0.5, 0.6) is 0 Å². The van der Waals surface area contributed by atoms with Crippen molar-refractivity contribution < 1.29 is 0 Å². The number of nitrogens with zero attached hydrogens (tertiary/aromatic N) is 6. The fourth-order valence-corrected chi connectivity index (χ4v) is 4.15. The highest BCUT2D eigenvalue weighted by Gasteiger charge is 2.19. The van der Waals surface area contributed by atoms with Gasteiger partial charge >= 0.3 is 5.69 Å². The molecule has 0 fully saturated rings. The number of unbranched alkanes of at least 4 members (excludes halogenated alkanes) is 1. The second kappa shape index (κ2) is 9.01. The van der Waals surface area contributed by atoms with Gasteiger partial charge in [0.25, 0.3) is 5.56 Å². The maximum atomic E-state index is 12.4. The van der Waals surface area contributed by atoms with E-state index in [0.29, 0.717) is 24.4 Å². The molecule has 0 atom stereocenters. The first-order valence-corrected chi connectivity index (χ1v) is 11.3. The molecule has 0 spiro atoms. The number of fused-ring (bicyclic) bond motifs is 2. The SMILES string of the molecule is Cc1cc2nc3c(=O)[nH]c(=O)nc-3n(CCCCc3cn(Cc4ccccc4)nn3)c2cc1C. The summed E-state index contributed by atoms with van der Waals surface area (Å²) in [6, 6.07) is 14.2. The van der Waals surface area contributed by atoms with Crippen molar-refractivity contribution in [2.75, 3.05) is 0 Å². The third-order valence-corrected chi connectivity index (χ3v) is 6.06. The van der Waals surface area contributed by atoms with Crippen molar-refractivity contribution in [3.05, 3.63) is 91.9 Å². The van der Waals surface area contributed by atoms with Crippen LogP contribution in [0, 0.1) is 13.8 Å². The first kappa shape index (κ1) is 21.7. The van der Waals surface area contributed by atoms with Crippen LogP contribution in [0.1, 0.15) is 35.2 Å². The molecule has 0 aliphatic carbocycles. The number of aryl methyl sites for hydroxylation is 4. The van der Waals surface area contributed by atoms with Crippen molar-refractivity contribution in [2.45, 2.75) is 46.2 Å². The van der Waals surface area contributed by atoms with Crippen molar-refractivity contribution >= 4 is 11.0 Å². The smallest absolute Gasteiger partial charge is 0.322 e. The van der Waals surface area contributed by atoms with E-state index in [2.05, 4.69) is 37.4 Å². The van der Waals surface area contributed by atoms with Gasteiger partial charge in [-0.1, -0.05) is 35.5 Å². The lowest BCUT2D eigenvalue weighted by molar-refractivity contribution is 0.610. The van der Waals surface area contributed by atoms with E-state index in [1.165, 1.54) is 5.56 Å². The number of hydrogen-bond donors (Lipinski definition) is 1. The largest absolute Gasteiger partial charge is 0.349 e. The van der Waals surface area contributed by atoms with Crippen molar-refractivity contribution in [1.29, 1.82) is 0 Å². The highest BCUT2D eigenvalue weighted by atomic mass is 16.2. The number of benzene rings is 2. The van der Waals surface area contributed by atoms with E-state index in [4.69, 9.17) is 0 Å². The van der Waals surface area contributed by atoms with Gasteiger partial charge in [0, 0.05) is 12.7 Å². The summed E-state index contributed by atoms with van der Waals surface area (Å²) in [5.74, 6) is 0.318. The molecule has 9 heteroatoms. The van der Waals surface area contributed by atoms with Gasteiger partial charge in [0.15, 0.2) is 11.5 Å². The number of hydrogen-bond acceptors (Lipinski definition) is 6. The molecule has 3 heterocycles. The maximum Gasteiger partial charge on any atom is 0.349 e. The summed E-state index contributed by atoms with van der Waals surface area (Å²) < 4.78 is 3.79. The number of aromatic nitrogens is 7. The number of rotatable bonds is 7.